The zero-order chi connectivity index (χ0) is 15.0. The third-order valence-electron chi connectivity index (χ3n) is 5.21. The molecule has 0 bridgehead atoms. The Labute approximate surface area is 126 Å². The van der Waals surface area contributed by atoms with Crippen molar-refractivity contribution in [1.82, 2.24) is 9.80 Å². The minimum atomic E-state index is -0.782. The molecule has 2 saturated carbocycles. The van der Waals surface area contributed by atoms with Crippen molar-refractivity contribution in [1.29, 1.82) is 0 Å². The summed E-state index contributed by atoms with van der Waals surface area (Å²) in [5, 5.41) is 9.32. The Hall–Kier alpha value is -1.10. The molecule has 1 saturated heterocycles. The molecule has 2 atom stereocenters. The fraction of sp³-hybridized carbons (Fsp3) is 0.875. The van der Waals surface area contributed by atoms with Crippen LogP contribution >= 0.6 is 0 Å². The van der Waals surface area contributed by atoms with Crippen LogP contribution in [0.25, 0.3) is 0 Å². The van der Waals surface area contributed by atoms with Crippen LogP contribution < -0.4 is 0 Å². The number of piperidine rings is 1. The van der Waals surface area contributed by atoms with Gasteiger partial charge >= 0.3 is 5.97 Å². The molecule has 5 heteroatoms. The SMILES string of the molecule is CC(C1CC1)N(C(=O)CN1CCCCC1C(=O)O)C1CC1. The summed E-state index contributed by atoms with van der Waals surface area (Å²) in [5.41, 5.74) is 0. The second-order valence-corrected chi connectivity index (χ2v) is 6.93. The van der Waals surface area contributed by atoms with Crippen molar-refractivity contribution in [3.63, 3.8) is 0 Å². The molecule has 2 unspecified atom stereocenters. The molecule has 5 nitrogen and oxygen atoms in total. The molecular formula is C16H26N2O3. The number of nitrogens with zero attached hydrogens (tertiary/aromatic N) is 2. The first-order valence-electron chi connectivity index (χ1n) is 8.36. The van der Waals surface area contributed by atoms with Gasteiger partial charge in [0, 0.05) is 12.1 Å². The maximum absolute atomic E-state index is 12.7. The van der Waals surface area contributed by atoms with Gasteiger partial charge < -0.3 is 10.0 Å². The smallest absolute Gasteiger partial charge is 0.320 e. The largest absolute Gasteiger partial charge is 0.480 e. The van der Waals surface area contributed by atoms with Crippen LogP contribution in [0.3, 0.4) is 0 Å². The normalized spacial score (nSPS) is 28.1. The minimum absolute atomic E-state index is 0.144. The summed E-state index contributed by atoms with van der Waals surface area (Å²) in [6.45, 7) is 3.18. The van der Waals surface area contributed by atoms with E-state index in [1.807, 2.05) is 4.90 Å². The van der Waals surface area contributed by atoms with Crippen molar-refractivity contribution in [3.8, 4) is 0 Å². The Morgan fingerprint density at radius 1 is 1.19 bits per heavy atom. The molecule has 1 N–H and O–H groups in total. The highest BCUT2D eigenvalue weighted by Crippen LogP contribution is 2.39. The number of hydrogen-bond acceptors (Lipinski definition) is 3. The first kappa shape index (κ1) is 14.8. The number of likely N-dealkylation sites (tertiary alicyclic amines) is 1. The van der Waals surface area contributed by atoms with Gasteiger partial charge in [-0.15, -0.1) is 0 Å². The molecule has 2 aliphatic carbocycles. The minimum Gasteiger partial charge on any atom is -0.480 e. The van der Waals surface area contributed by atoms with E-state index in [9.17, 15) is 14.7 Å². The first-order valence-corrected chi connectivity index (χ1v) is 8.36. The first-order chi connectivity index (χ1) is 10.1. The van der Waals surface area contributed by atoms with Crippen LogP contribution in [-0.4, -0.2) is 58.0 Å². The Kier molecular flexibility index (Phi) is 4.20. The van der Waals surface area contributed by atoms with Crippen molar-refractivity contribution >= 4 is 11.9 Å². The van der Waals surface area contributed by atoms with Gasteiger partial charge in [0.2, 0.25) is 5.91 Å². The van der Waals surface area contributed by atoms with Crippen LogP contribution in [0.1, 0.15) is 51.9 Å². The van der Waals surface area contributed by atoms with Gasteiger partial charge in [-0.25, -0.2) is 0 Å². The maximum Gasteiger partial charge on any atom is 0.320 e. The lowest BCUT2D eigenvalue weighted by Crippen LogP contribution is -2.52. The molecule has 0 aromatic heterocycles. The van der Waals surface area contributed by atoms with Gasteiger partial charge in [-0.1, -0.05) is 6.42 Å². The summed E-state index contributed by atoms with van der Waals surface area (Å²) in [6, 6.07) is 0.277. The second-order valence-electron chi connectivity index (χ2n) is 6.93. The lowest BCUT2D eigenvalue weighted by atomic mass is 10.0. The van der Waals surface area contributed by atoms with E-state index in [-0.39, 0.29) is 12.5 Å². The van der Waals surface area contributed by atoms with Crippen molar-refractivity contribution in [2.75, 3.05) is 13.1 Å². The third kappa shape index (κ3) is 3.39. The Morgan fingerprint density at radius 2 is 1.90 bits per heavy atom. The number of hydrogen-bond donors (Lipinski definition) is 1. The number of rotatable bonds is 6. The van der Waals surface area contributed by atoms with Gasteiger partial charge in [0.25, 0.3) is 0 Å². The van der Waals surface area contributed by atoms with Crippen molar-refractivity contribution < 1.29 is 14.7 Å². The van der Waals surface area contributed by atoms with Crippen molar-refractivity contribution in [2.24, 2.45) is 5.92 Å². The van der Waals surface area contributed by atoms with E-state index in [1.165, 1.54) is 12.8 Å². The van der Waals surface area contributed by atoms with Gasteiger partial charge in [-0.05, 0) is 57.9 Å². The molecule has 3 rings (SSSR count). The molecule has 21 heavy (non-hydrogen) atoms. The van der Waals surface area contributed by atoms with Gasteiger partial charge in [-0.2, -0.15) is 0 Å². The van der Waals surface area contributed by atoms with E-state index in [0.717, 1.165) is 32.2 Å². The number of amides is 1. The molecule has 1 amide bonds. The zero-order valence-corrected chi connectivity index (χ0v) is 12.8. The van der Waals surface area contributed by atoms with Crippen molar-refractivity contribution in [2.45, 2.75) is 70.0 Å². The average molecular weight is 294 g/mol. The number of carbonyl (C=O) groups is 2. The van der Waals surface area contributed by atoms with Crippen LogP contribution in [-0.2, 0) is 9.59 Å². The zero-order valence-electron chi connectivity index (χ0n) is 12.8. The summed E-state index contributed by atoms with van der Waals surface area (Å²) >= 11 is 0. The molecule has 0 spiro atoms. The number of carbonyl (C=O) groups excluding carboxylic acids is 1. The molecule has 118 valence electrons. The van der Waals surface area contributed by atoms with Crippen LogP contribution in [0, 0.1) is 5.92 Å². The highest BCUT2D eigenvalue weighted by atomic mass is 16.4. The Bertz CT molecular complexity index is 418. The molecule has 0 radical (unpaired) electrons. The summed E-state index contributed by atoms with van der Waals surface area (Å²) in [5.74, 6) is 0.0342. The fourth-order valence-corrected chi connectivity index (χ4v) is 3.64. The highest BCUT2D eigenvalue weighted by molar-refractivity contribution is 5.81. The van der Waals surface area contributed by atoms with Crippen LogP contribution in [0.15, 0.2) is 0 Å². The third-order valence-corrected chi connectivity index (χ3v) is 5.21. The second kappa shape index (κ2) is 5.95. The van der Waals surface area contributed by atoms with Gasteiger partial charge in [-0.3, -0.25) is 14.5 Å². The number of carboxylic acids is 1. The van der Waals surface area contributed by atoms with E-state index in [0.29, 0.717) is 24.4 Å². The number of aliphatic carboxylic acids is 1. The highest BCUT2D eigenvalue weighted by Gasteiger charge is 2.42. The molecule has 1 heterocycles. The van der Waals surface area contributed by atoms with Crippen molar-refractivity contribution in [3.05, 3.63) is 0 Å². The molecule has 3 aliphatic rings. The standard InChI is InChI=1S/C16H26N2O3/c1-11(12-5-6-12)18(13-7-8-13)15(19)10-17-9-3-2-4-14(17)16(20)21/h11-14H,2-10H2,1H3,(H,20,21). The average Bonchev–Trinajstić information content (AvgIpc) is 3.31. The molecule has 0 aromatic carbocycles. The molecule has 1 aliphatic heterocycles. The Morgan fingerprint density at radius 3 is 2.48 bits per heavy atom. The summed E-state index contributed by atoms with van der Waals surface area (Å²) in [6.07, 6.45) is 7.32. The van der Waals surface area contributed by atoms with E-state index in [4.69, 9.17) is 0 Å². The van der Waals surface area contributed by atoms with Gasteiger partial charge in [0.1, 0.15) is 6.04 Å². The number of carboxylic acid groups (broad SMARTS) is 1. The van der Waals surface area contributed by atoms with Gasteiger partial charge in [0.05, 0.1) is 6.54 Å². The predicted octanol–water partition coefficient (Wildman–Crippen LogP) is 1.71. The molecule has 3 fully saturated rings. The predicted molar refractivity (Wildman–Crippen MR) is 78.9 cm³/mol. The van der Waals surface area contributed by atoms with Gasteiger partial charge in [0.15, 0.2) is 0 Å². The van der Waals surface area contributed by atoms with E-state index in [2.05, 4.69) is 11.8 Å². The van der Waals surface area contributed by atoms with E-state index >= 15 is 0 Å². The van der Waals surface area contributed by atoms with Crippen LogP contribution in [0.4, 0.5) is 0 Å². The Balaban J connectivity index is 1.63. The molecular weight excluding hydrogens is 268 g/mol. The summed E-state index contributed by atoms with van der Waals surface area (Å²) in [4.78, 5) is 28.0. The topological polar surface area (TPSA) is 60.9 Å². The van der Waals surface area contributed by atoms with E-state index in [1.54, 1.807) is 0 Å². The molecule has 0 aromatic rings. The van der Waals surface area contributed by atoms with Crippen LogP contribution in [0.2, 0.25) is 0 Å². The van der Waals surface area contributed by atoms with Crippen LogP contribution in [0.5, 0.6) is 0 Å². The monoisotopic (exact) mass is 294 g/mol. The quantitative estimate of drug-likeness (QED) is 0.810. The van der Waals surface area contributed by atoms with E-state index < -0.39 is 12.0 Å². The maximum atomic E-state index is 12.7. The fourth-order valence-electron chi connectivity index (χ4n) is 3.64. The summed E-state index contributed by atoms with van der Waals surface area (Å²) < 4.78 is 0. The lowest BCUT2D eigenvalue weighted by molar-refractivity contribution is -0.146. The lowest BCUT2D eigenvalue weighted by Gasteiger charge is -2.36. The summed E-state index contributed by atoms with van der Waals surface area (Å²) in [7, 11) is 0.